The van der Waals surface area contributed by atoms with Gasteiger partial charge in [-0.15, -0.1) is 0 Å². The molecular formula is C8H11Br. The van der Waals surface area contributed by atoms with Crippen molar-refractivity contribution in [1.29, 1.82) is 0 Å². The fraction of sp³-hybridized carbons (Fsp3) is 0.250. The molecule has 0 aromatic heterocycles. The minimum Gasteiger partial charge on any atom is -0.0979 e. The zero-order valence-corrected chi connectivity index (χ0v) is 7.19. The first kappa shape index (κ1) is 8.70. The van der Waals surface area contributed by atoms with Gasteiger partial charge in [-0.1, -0.05) is 47.7 Å². The van der Waals surface area contributed by atoms with E-state index in [0.717, 1.165) is 10.9 Å². The highest BCUT2D eigenvalue weighted by molar-refractivity contribution is 9.11. The first-order valence-corrected chi connectivity index (χ1v) is 3.75. The van der Waals surface area contributed by atoms with Crippen LogP contribution in [-0.4, -0.2) is 0 Å². The lowest BCUT2D eigenvalue weighted by molar-refractivity contribution is 1.22. The second-order valence-corrected chi connectivity index (χ2v) is 2.51. The van der Waals surface area contributed by atoms with Gasteiger partial charge in [-0.3, -0.25) is 0 Å². The molecule has 0 heterocycles. The largest absolute Gasteiger partial charge is 0.0979 e. The van der Waals surface area contributed by atoms with E-state index in [0.29, 0.717) is 0 Å². The van der Waals surface area contributed by atoms with Gasteiger partial charge < -0.3 is 0 Å². The van der Waals surface area contributed by atoms with Gasteiger partial charge in [0.05, 0.1) is 0 Å². The molecule has 0 aromatic carbocycles. The molecule has 0 saturated carbocycles. The van der Waals surface area contributed by atoms with Crippen molar-refractivity contribution in [2.75, 3.05) is 0 Å². The molecule has 0 atom stereocenters. The minimum absolute atomic E-state index is 1.02. The van der Waals surface area contributed by atoms with Crippen molar-refractivity contribution in [1.82, 2.24) is 0 Å². The fourth-order valence-corrected chi connectivity index (χ4v) is 0.517. The Morgan fingerprint density at radius 2 is 2.33 bits per heavy atom. The SMILES string of the molecule is C=C/C(Br)=C\C=C/CC. The molecule has 50 valence electrons. The molecule has 0 bridgehead atoms. The minimum atomic E-state index is 1.02. The molecule has 0 fully saturated rings. The van der Waals surface area contributed by atoms with E-state index in [2.05, 4.69) is 35.5 Å². The standard InChI is InChI=1S/C8H11Br/c1-3-5-6-7-8(9)4-2/h4-7H,2-3H2,1H3/b6-5-,8-7+. The maximum atomic E-state index is 3.59. The predicted octanol–water partition coefficient (Wildman–Crippen LogP) is 3.42. The van der Waals surface area contributed by atoms with E-state index < -0.39 is 0 Å². The maximum absolute atomic E-state index is 3.59. The molecule has 0 radical (unpaired) electrons. The topological polar surface area (TPSA) is 0 Å². The van der Waals surface area contributed by atoms with Gasteiger partial charge in [-0.05, 0) is 12.5 Å². The Morgan fingerprint density at radius 1 is 1.67 bits per heavy atom. The van der Waals surface area contributed by atoms with Gasteiger partial charge >= 0.3 is 0 Å². The third-order valence-electron chi connectivity index (χ3n) is 0.822. The molecule has 0 aliphatic heterocycles. The van der Waals surface area contributed by atoms with Crippen molar-refractivity contribution in [3.63, 3.8) is 0 Å². The molecule has 0 rings (SSSR count). The Bertz CT molecular complexity index is 132. The number of hydrogen-bond acceptors (Lipinski definition) is 0. The first-order chi connectivity index (χ1) is 4.31. The second-order valence-electron chi connectivity index (χ2n) is 1.59. The van der Waals surface area contributed by atoms with Crippen LogP contribution in [0.4, 0.5) is 0 Å². The number of rotatable bonds is 3. The normalized spacial score (nSPS) is 12.4. The van der Waals surface area contributed by atoms with Gasteiger partial charge in [0, 0.05) is 4.48 Å². The van der Waals surface area contributed by atoms with E-state index in [9.17, 15) is 0 Å². The molecule has 0 aliphatic carbocycles. The molecule has 0 N–H and O–H groups in total. The Morgan fingerprint density at radius 3 is 2.78 bits per heavy atom. The van der Waals surface area contributed by atoms with Crippen molar-refractivity contribution in [2.24, 2.45) is 0 Å². The highest BCUT2D eigenvalue weighted by Gasteiger charge is 1.74. The van der Waals surface area contributed by atoms with Crippen molar-refractivity contribution in [2.45, 2.75) is 13.3 Å². The number of halogens is 1. The summed E-state index contributed by atoms with van der Waals surface area (Å²) in [7, 11) is 0. The smallest absolute Gasteiger partial charge is 0.0169 e. The Kier molecular flexibility index (Phi) is 5.64. The Hall–Kier alpha value is -0.300. The van der Waals surface area contributed by atoms with Crippen molar-refractivity contribution in [3.05, 3.63) is 35.4 Å². The predicted molar refractivity (Wildman–Crippen MR) is 46.6 cm³/mol. The Balaban J connectivity index is 3.68. The van der Waals surface area contributed by atoms with Crippen LogP contribution in [-0.2, 0) is 0 Å². The highest BCUT2D eigenvalue weighted by atomic mass is 79.9. The van der Waals surface area contributed by atoms with Crippen LogP contribution in [0.3, 0.4) is 0 Å². The van der Waals surface area contributed by atoms with E-state index in [4.69, 9.17) is 0 Å². The zero-order chi connectivity index (χ0) is 7.11. The molecule has 0 aromatic rings. The van der Waals surface area contributed by atoms with Crippen LogP contribution in [0, 0.1) is 0 Å². The van der Waals surface area contributed by atoms with E-state index >= 15 is 0 Å². The zero-order valence-electron chi connectivity index (χ0n) is 5.60. The third kappa shape index (κ3) is 5.57. The summed E-state index contributed by atoms with van der Waals surface area (Å²) in [6, 6.07) is 0. The van der Waals surface area contributed by atoms with Crippen LogP contribution in [0.15, 0.2) is 35.4 Å². The van der Waals surface area contributed by atoms with Crippen LogP contribution < -0.4 is 0 Å². The van der Waals surface area contributed by atoms with E-state index in [1.165, 1.54) is 0 Å². The fourth-order valence-electron chi connectivity index (χ4n) is 0.364. The van der Waals surface area contributed by atoms with Crippen LogP contribution in [0.25, 0.3) is 0 Å². The molecule has 0 saturated heterocycles. The Labute approximate surface area is 65.1 Å². The molecule has 0 unspecified atom stereocenters. The summed E-state index contributed by atoms with van der Waals surface area (Å²) in [5, 5.41) is 0. The summed E-state index contributed by atoms with van der Waals surface area (Å²) < 4.78 is 1.02. The third-order valence-corrected chi connectivity index (χ3v) is 1.41. The van der Waals surface area contributed by atoms with Crippen LogP contribution >= 0.6 is 15.9 Å². The molecule has 0 nitrogen and oxygen atoms in total. The van der Waals surface area contributed by atoms with Gasteiger partial charge in [-0.25, -0.2) is 0 Å². The lowest BCUT2D eigenvalue weighted by Crippen LogP contribution is -1.56. The van der Waals surface area contributed by atoms with Crippen molar-refractivity contribution in [3.8, 4) is 0 Å². The van der Waals surface area contributed by atoms with Gasteiger partial charge in [0.15, 0.2) is 0 Å². The van der Waals surface area contributed by atoms with Gasteiger partial charge in [0.25, 0.3) is 0 Å². The number of hydrogen-bond donors (Lipinski definition) is 0. The molecule has 0 spiro atoms. The summed E-state index contributed by atoms with van der Waals surface area (Å²) in [5.41, 5.74) is 0. The monoisotopic (exact) mass is 186 g/mol. The molecule has 9 heavy (non-hydrogen) atoms. The maximum Gasteiger partial charge on any atom is 0.0169 e. The molecular weight excluding hydrogens is 176 g/mol. The van der Waals surface area contributed by atoms with Gasteiger partial charge in [0.2, 0.25) is 0 Å². The average molecular weight is 187 g/mol. The quantitative estimate of drug-likeness (QED) is 0.594. The van der Waals surface area contributed by atoms with E-state index in [-0.39, 0.29) is 0 Å². The molecule has 1 heteroatoms. The first-order valence-electron chi connectivity index (χ1n) is 2.96. The van der Waals surface area contributed by atoms with Crippen molar-refractivity contribution < 1.29 is 0 Å². The summed E-state index contributed by atoms with van der Waals surface area (Å²) in [4.78, 5) is 0. The highest BCUT2D eigenvalue weighted by Crippen LogP contribution is 2.04. The van der Waals surface area contributed by atoms with Crippen LogP contribution in [0.1, 0.15) is 13.3 Å². The van der Waals surface area contributed by atoms with Crippen LogP contribution in [0.2, 0.25) is 0 Å². The van der Waals surface area contributed by atoms with Gasteiger partial charge in [-0.2, -0.15) is 0 Å². The summed E-state index contributed by atoms with van der Waals surface area (Å²) in [6.45, 7) is 5.69. The van der Waals surface area contributed by atoms with Crippen molar-refractivity contribution >= 4 is 15.9 Å². The lowest BCUT2D eigenvalue weighted by Gasteiger charge is -1.80. The molecule has 0 amide bonds. The summed E-state index contributed by atoms with van der Waals surface area (Å²) in [5.74, 6) is 0. The van der Waals surface area contributed by atoms with Crippen LogP contribution in [0.5, 0.6) is 0 Å². The summed E-state index contributed by atoms with van der Waals surface area (Å²) >= 11 is 3.30. The summed E-state index contributed by atoms with van der Waals surface area (Å²) in [6.07, 6.45) is 8.90. The van der Waals surface area contributed by atoms with E-state index in [1.807, 2.05) is 12.2 Å². The number of allylic oxidation sites excluding steroid dienone is 5. The second kappa shape index (κ2) is 5.83. The lowest BCUT2D eigenvalue weighted by atomic mass is 10.4. The van der Waals surface area contributed by atoms with Gasteiger partial charge in [0.1, 0.15) is 0 Å². The average Bonchev–Trinajstić information content (AvgIpc) is 1.89. The van der Waals surface area contributed by atoms with E-state index in [1.54, 1.807) is 6.08 Å². The molecule has 0 aliphatic rings.